The molecule has 2 fully saturated rings. The molecule has 1 aliphatic carbocycles. The largest absolute Gasteiger partial charge is 0.391 e. The van der Waals surface area contributed by atoms with Gasteiger partial charge >= 0.3 is 6.18 Å². The van der Waals surface area contributed by atoms with Crippen LogP contribution < -0.4 is 10.6 Å². The Hall–Kier alpha value is -0.780. The van der Waals surface area contributed by atoms with Crippen molar-refractivity contribution in [2.75, 3.05) is 0 Å². The number of nitrogens with one attached hydrogen (secondary N) is 2. The molecule has 0 bridgehead atoms. The summed E-state index contributed by atoms with van der Waals surface area (Å²) < 4.78 is 37.9. The van der Waals surface area contributed by atoms with Crippen LogP contribution in [0, 0.1) is 11.8 Å². The van der Waals surface area contributed by atoms with E-state index in [0.29, 0.717) is 18.9 Å². The summed E-state index contributed by atoms with van der Waals surface area (Å²) in [5.74, 6) is -1.54. The minimum atomic E-state index is -4.11. The van der Waals surface area contributed by atoms with Crippen LogP contribution in [0.5, 0.6) is 0 Å². The fraction of sp³-hybridized carbons (Fsp3) is 0.933. The van der Waals surface area contributed by atoms with Crippen LogP contribution in [0.2, 0.25) is 0 Å². The van der Waals surface area contributed by atoms with Crippen LogP contribution in [0.25, 0.3) is 0 Å². The predicted octanol–water partition coefficient (Wildman–Crippen LogP) is 3.00. The normalized spacial score (nSPS) is 38.0. The molecule has 1 saturated heterocycles. The molecule has 6 heteroatoms. The summed E-state index contributed by atoms with van der Waals surface area (Å²) in [6, 6.07) is 0.758. The highest BCUT2D eigenvalue weighted by Crippen LogP contribution is 2.39. The molecular formula is C15H25F3N2O. The zero-order chi connectivity index (χ0) is 15.6. The predicted molar refractivity (Wildman–Crippen MR) is 74.7 cm³/mol. The van der Waals surface area contributed by atoms with E-state index in [9.17, 15) is 18.0 Å². The van der Waals surface area contributed by atoms with Crippen molar-refractivity contribution < 1.29 is 18.0 Å². The smallest absolute Gasteiger partial charge is 0.352 e. The number of hydrogen-bond donors (Lipinski definition) is 2. The Balaban J connectivity index is 1.80. The summed E-state index contributed by atoms with van der Waals surface area (Å²) in [7, 11) is 0. The Morgan fingerprint density at radius 1 is 1.05 bits per heavy atom. The summed E-state index contributed by atoms with van der Waals surface area (Å²) in [5, 5.41) is 6.43. The van der Waals surface area contributed by atoms with Gasteiger partial charge < -0.3 is 10.6 Å². The summed E-state index contributed by atoms with van der Waals surface area (Å²) in [6.07, 6.45) is -1.31. The van der Waals surface area contributed by atoms with Crippen LogP contribution in [0.3, 0.4) is 0 Å². The third kappa shape index (κ3) is 4.34. The summed E-state index contributed by atoms with van der Waals surface area (Å²) in [4.78, 5) is 12.2. The highest BCUT2D eigenvalue weighted by molar-refractivity contribution is 5.79. The molecule has 2 aliphatic rings. The van der Waals surface area contributed by atoms with Crippen molar-refractivity contribution in [2.24, 2.45) is 11.8 Å². The first kappa shape index (κ1) is 16.6. The van der Waals surface area contributed by atoms with E-state index >= 15 is 0 Å². The van der Waals surface area contributed by atoms with Gasteiger partial charge in [-0.25, -0.2) is 0 Å². The number of halogens is 3. The van der Waals surface area contributed by atoms with Gasteiger partial charge in [0, 0.05) is 24.0 Å². The standard InChI is InChI=1S/C15H25F3N2O/c1-9-3-8-13(10(2)19-9)20-14(21)11-4-6-12(7-5-11)15(16,17)18/h9-13,19H,3-8H2,1-2H3,(H,20,21). The molecule has 1 aliphatic heterocycles. The zero-order valence-corrected chi connectivity index (χ0v) is 12.7. The molecule has 21 heavy (non-hydrogen) atoms. The van der Waals surface area contributed by atoms with Gasteiger partial charge in [-0.05, 0) is 52.4 Å². The molecule has 0 aromatic rings. The molecule has 0 radical (unpaired) electrons. The van der Waals surface area contributed by atoms with Crippen molar-refractivity contribution in [3.05, 3.63) is 0 Å². The van der Waals surface area contributed by atoms with Crippen LogP contribution in [0.1, 0.15) is 52.4 Å². The average Bonchev–Trinajstić information content (AvgIpc) is 2.41. The van der Waals surface area contributed by atoms with Gasteiger partial charge in [0.25, 0.3) is 0 Å². The lowest BCUT2D eigenvalue weighted by Crippen LogP contribution is -2.55. The minimum absolute atomic E-state index is 0.0659. The number of carbonyl (C=O) groups excluding carboxylic acids is 1. The van der Waals surface area contributed by atoms with Crippen molar-refractivity contribution in [3.63, 3.8) is 0 Å². The maximum atomic E-state index is 12.6. The molecule has 3 nitrogen and oxygen atoms in total. The van der Waals surface area contributed by atoms with Crippen LogP contribution in [0.15, 0.2) is 0 Å². The Labute approximate surface area is 124 Å². The van der Waals surface area contributed by atoms with Crippen LogP contribution in [-0.4, -0.2) is 30.2 Å². The van der Waals surface area contributed by atoms with Gasteiger partial charge in [-0.2, -0.15) is 13.2 Å². The molecule has 0 aromatic carbocycles. The molecule has 2 N–H and O–H groups in total. The monoisotopic (exact) mass is 306 g/mol. The Morgan fingerprint density at radius 2 is 1.67 bits per heavy atom. The lowest BCUT2D eigenvalue weighted by atomic mass is 9.81. The van der Waals surface area contributed by atoms with E-state index in [2.05, 4.69) is 17.6 Å². The fourth-order valence-corrected chi connectivity index (χ4v) is 3.51. The van der Waals surface area contributed by atoms with Crippen LogP contribution in [-0.2, 0) is 4.79 Å². The number of amides is 1. The maximum Gasteiger partial charge on any atom is 0.391 e. The third-order valence-electron chi connectivity index (χ3n) is 4.95. The van der Waals surface area contributed by atoms with E-state index in [1.165, 1.54) is 0 Å². The molecule has 3 unspecified atom stereocenters. The van der Waals surface area contributed by atoms with Crippen molar-refractivity contribution in [1.82, 2.24) is 10.6 Å². The Bertz CT molecular complexity index is 364. The van der Waals surface area contributed by atoms with E-state index < -0.39 is 12.1 Å². The van der Waals surface area contributed by atoms with Gasteiger partial charge in [-0.1, -0.05) is 0 Å². The minimum Gasteiger partial charge on any atom is -0.352 e. The van der Waals surface area contributed by atoms with Gasteiger partial charge in [0.05, 0.1) is 5.92 Å². The van der Waals surface area contributed by atoms with E-state index in [1.54, 1.807) is 0 Å². The van der Waals surface area contributed by atoms with E-state index in [0.717, 1.165) is 12.8 Å². The van der Waals surface area contributed by atoms with Crippen molar-refractivity contribution >= 4 is 5.91 Å². The highest BCUT2D eigenvalue weighted by Gasteiger charge is 2.42. The second kappa shape index (κ2) is 6.55. The summed E-state index contributed by atoms with van der Waals surface area (Å²) in [6.45, 7) is 4.16. The molecule has 0 spiro atoms. The Kier molecular flexibility index (Phi) is 5.17. The SMILES string of the molecule is CC1CCC(NC(=O)C2CCC(C(F)(F)F)CC2)C(C)N1. The van der Waals surface area contributed by atoms with Gasteiger partial charge in [0.15, 0.2) is 0 Å². The Morgan fingerprint density at radius 3 is 2.19 bits per heavy atom. The first-order valence-electron chi connectivity index (χ1n) is 7.90. The molecule has 1 saturated carbocycles. The lowest BCUT2D eigenvalue weighted by Gasteiger charge is -2.36. The zero-order valence-electron chi connectivity index (χ0n) is 12.7. The summed E-state index contributed by atoms with van der Waals surface area (Å²) >= 11 is 0. The van der Waals surface area contributed by atoms with Gasteiger partial charge in [0.1, 0.15) is 0 Å². The average molecular weight is 306 g/mol. The van der Waals surface area contributed by atoms with Gasteiger partial charge in [-0.3, -0.25) is 4.79 Å². The number of piperidine rings is 1. The van der Waals surface area contributed by atoms with E-state index in [4.69, 9.17) is 0 Å². The number of rotatable bonds is 2. The summed E-state index contributed by atoms with van der Waals surface area (Å²) in [5.41, 5.74) is 0. The number of carbonyl (C=O) groups is 1. The van der Waals surface area contributed by atoms with Crippen LogP contribution >= 0.6 is 0 Å². The quantitative estimate of drug-likeness (QED) is 0.823. The van der Waals surface area contributed by atoms with Crippen molar-refractivity contribution in [2.45, 2.75) is 76.7 Å². The third-order valence-corrected chi connectivity index (χ3v) is 4.95. The molecule has 1 heterocycles. The van der Waals surface area contributed by atoms with Crippen LogP contribution in [0.4, 0.5) is 13.2 Å². The first-order chi connectivity index (χ1) is 9.77. The number of alkyl halides is 3. The molecule has 122 valence electrons. The lowest BCUT2D eigenvalue weighted by molar-refractivity contribution is -0.184. The second-order valence-corrected chi connectivity index (χ2v) is 6.64. The molecule has 2 rings (SSSR count). The van der Waals surface area contributed by atoms with Crippen molar-refractivity contribution in [1.29, 1.82) is 0 Å². The fourth-order valence-electron chi connectivity index (χ4n) is 3.51. The molecule has 1 amide bonds. The van der Waals surface area contributed by atoms with Gasteiger partial charge in [0.2, 0.25) is 5.91 Å². The number of hydrogen-bond acceptors (Lipinski definition) is 2. The molecule has 0 aromatic heterocycles. The van der Waals surface area contributed by atoms with Gasteiger partial charge in [-0.15, -0.1) is 0 Å². The molecular weight excluding hydrogens is 281 g/mol. The first-order valence-corrected chi connectivity index (χ1v) is 7.90. The highest BCUT2D eigenvalue weighted by atomic mass is 19.4. The second-order valence-electron chi connectivity index (χ2n) is 6.64. The topological polar surface area (TPSA) is 41.1 Å². The van der Waals surface area contributed by atoms with Crippen molar-refractivity contribution in [3.8, 4) is 0 Å². The van der Waals surface area contributed by atoms with E-state index in [1.807, 2.05) is 6.92 Å². The maximum absolute atomic E-state index is 12.6. The van der Waals surface area contributed by atoms with E-state index in [-0.39, 0.29) is 36.8 Å². The molecule has 3 atom stereocenters.